The van der Waals surface area contributed by atoms with Gasteiger partial charge in [-0.3, -0.25) is 4.90 Å². The van der Waals surface area contributed by atoms with E-state index in [1.165, 1.54) is 12.0 Å². The SMILES string of the molecule is CCC1CN(C2CCOc3ccccc32)C(C(C)C)CN1. The Hall–Kier alpha value is -1.06. The van der Waals surface area contributed by atoms with Crippen LogP contribution in [0.25, 0.3) is 0 Å². The Morgan fingerprint density at radius 2 is 2.14 bits per heavy atom. The molecule has 3 nitrogen and oxygen atoms in total. The van der Waals surface area contributed by atoms with Crippen molar-refractivity contribution in [1.82, 2.24) is 10.2 Å². The van der Waals surface area contributed by atoms with E-state index in [9.17, 15) is 0 Å². The highest BCUT2D eigenvalue weighted by atomic mass is 16.5. The van der Waals surface area contributed by atoms with E-state index in [0.29, 0.717) is 24.0 Å². The summed E-state index contributed by atoms with van der Waals surface area (Å²) in [4.78, 5) is 2.75. The third-order valence-corrected chi connectivity index (χ3v) is 5.06. The fourth-order valence-electron chi connectivity index (χ4n) is 3.78. The Balaban J connectivity index is 1.89. The minimum absolute atomic E-state index is 0.513. The summed E-state index contributed by atoms with van der Waals surface area (Å²) in [7, 11) is 0. The average molecular weight is 288 g/mol. The molecule has 0 saturated carbocycles. The number of hydrogen-bond acceptors (Lipinski definition) is 3. The lowest BCUT2D eigenvalue weighted by molar-refractivity contribution is 0.0353. The van der Waals surface area contributed by atoms with E-state index < -0.39 is 0 Å². The molecule has 1 fully saturated rings. The van der Waals surface area contributed by atoms with Crippen LogP contribution in [0.1, 0.15) is 45.2 Å². The quantitative estimate of drug-likeness (QED) is 0.924. The second-order valence-corrected chi connectivity index (χ2v) is 6.71. The lowest BCUT2D eigenvalue weighted by Crippen LogP contribution is -2.59. The molecule has 0 radical (unpaired) electrons. The molecule has 1 aromatic carbocycles. The number of fused-ring (bicyclic) bond motifs is 1. The molecule has 21 heavy (non-hydrogen) atoms. The van der Waals surface area contributed by atoms with E-state index in [-0.39, 0.29) is 0 Å². The molecule has 0 amide bonds. The minimum Gasteiger partial charge on any atom is -0.493 e. The number of hydrogen-bond donors (Lipinski definition) is 1. The maximum absolute atomic E-state index is 5.85. The Bertz CT molecular complexity index is 474. The third kappa shape index (κ3) is 2.95. The van der Waals surface area contributed by atoms with E-state index in [1.54, 1.807) is 0 Å². The normalized spacial score (nSPS) is 30.0. The maximum atomic E-state index is 5.85. The Labute approximate surface area is 128 Å². The molecule has 0 bridgehead atoms. The van der Waals surface area contributed by atoms with Crippen LogP contribution in [0, 0.1) is 5.92 Å². The summed E-state index contributed by atoms with van der Waals surface area (Å²) in [5, 5.41) is 3.72. The Morgan fingerprint density at radius 3 is 2.90 bits per heavy atom. The van der Waals surface area contributed by atoms with Crippen molar-refractivity contribution in [3.05, 3.63) is 29.8 Å². The van der Waals surface area contributed by atoms with Crippen LogP contribution in [0.3, 0.4) is 0 Å². The van der Waals surface area contributed by atoms with Gasteiger partial charge in [0.15, 0.2) is 0 Å². The van der Waals surface area contributed by atoms with Gasteiger partial charge in [0.1, 0.15) is 5.75 Å². The molecule has 2 heterocycles. The van der Waals surface area contributed by atoms with Crippen LogP contribution in [-0.4, -0.2) is 36.7 Å². The van der Waals surface area contributed by atoms with E-state index in [0.717, 1.165) is 31.9 Å². The standard InChI is InChI=1S/C18H28N2O/c1-4-14-12-20(17(11-19-14)13(2)3)16-9-10-21-18-8-6-5-7-15(16)18/h5-8,13-14,16-17,19H,4,9-12H2,1-3H3. The average Bonchev–Trinajstić information content (AvgIpc) is 2.53. The summed E-state index contributed by atoms with van der Waals surface area (Å²) in [6.07, 6.45) is 2.31. The van der Waals surface area contributed by atoms with Gasteiger partial charge in [-0.1, -0.05) is 39.0 Å². The molecule has 3 rings (SSSR count). The molecule has 0 spiro atoms. The van der Waals surface area contributed by atoms with Crippen LogP contribution in [0.5, 0.6) is 5.75 Å². The molecule has 1 aromatic rings. The summed E-state index contributed by atoms with van der Waals surface area (Å²) >= 11 is 0. The number of benzene rings is 1. The fraction of sp³-hybridized carbons (Fsp3) is 0.667. The van der Waals surface area contributed by atoms with Crippen molar-refractivity contribution in [3.8, 4) is 5.75 Å². The highest BCUT2D eigenvalue weighted by molar-refractivity contribution is 5.37. The molecule has 1 saturated heterocycles. The number of ether oxygens (including phenoxy) is 1. The monoisotopic (exact) mass is 288 g/mol. The highest BCUT2D eigenvalue weighted by Gasteiger charge is 2.36. The van der Waals surface area contributed by atoms with Crippen LogP contribution in [0.2, 0.25) is 0 Å². The van der Waals surface area contributed by atoms with Crippen molar-refractivity contribution in [2.75, 3.05) is 19.7 Å². The van der Waals surface area contributed by atoms with E-state index >= 15 is 0 Å². The maximum Gasteiger partial charge on any atom is 0.124 e. The van der Waals surface area contributed by atoms with Crippen LogP contribution in [-0.2, 0) is 0 Å². The van der Waals surface area contributed by atoms with Crippen LogP contribution < -0.4 is 10.1 Å². The van der Waals surface area contributed by atoms with Crippen molar-refractivity contribution >= 4 is 0 Å². The lowest BCUT2D eigenvalue weighted by atomic mass is 9.91. The van der Waals surface area contributed by atoms with E-state index in [4.69, 9.17) is 4.74 Å². The van der Waals surface area contributed by atoms with Crippen molar-refractivity contribution in [1.29, 1.82) is 0 Å². The van der Waals surface area contributed by atoms with Gasteiger partial charge < -0.3 is 10.1 Å². The van der Waals surface area contributed by atoms with Crippen LogP contribution in [0.15, 0.2) is 24.3 Å². The Morgan fingerprint density at radius 1 is 1.33 bits per heavy atom. The lowest BCUT2D eigenvalue weighted by Gasteiger charge is -2.47. The second-order valence-electron chi connectivity index (χ2n) is 6.71. The molecule has 2 aliphatic heterocycles. The van der Waals surface area contributed by atoms with Gasteiger partial charge in [0, 0.05) is 43.2 Å². The van der Waals surface area contributed by atoms with E-state index in [1.807, 2.05) is 0 Å². The van der Waals surface area contributed by atoms with Gasteiger partial charge in [-0.25, -0.2) is 0 Å². The first kappa shape index (κ1) is 14.9. The smallest absolute Gasteiger partial charge is 0.124 e. The number of piperazine rings is 1. The molecule has 3 unspecified atom stereocenters. The first-order valence-electron chi connectivity index (χ1n) is 8.41. The molecular formula is C18H28N2O. The van der Waals surface area contributed by atoms with Gasteiger partial charge in [-0.15, -0.1) is 0 Å². The predicted octanol–water partition coefficient (Wildman–Crippen LogP) is 3.22. The van der Waals surface area contributed by atoms with Gasteiger partial charge in [0.05, 0.1) is 6.61 Å². The largest absolute Gasteiger partial charge is 0.493 e. The molecule has 0 aliphatic carbocycles. The number of nitrogens with zero attached hydrogens (tertiary/aromatic N) is 1. The Kier molecular flexibility index (Phi) is 4.51. The van der Waals surface area contributed by atoms with E-state index in [2.05, 4.69) is 55.3 Å². The highest BCUT2D eigenvalue weighted by Crippen LogP contribution is 2.38. The predicted molar refractivity (Wildman–Crippen MR) is 86.7 cm³/mol. The van der Waals surface area contributed by atoms with Gasteiger partial charge in [-0.2, -0.15) is 0 Å². The van der Waals surface area contributed by atoms with Crippen molar-refractivity contribution in [2.45, 2.75) is 51.7 Å². The van der Waals surface area contributed by atoms with Gasteiger partial charge in [0.25, 0.3) is 0 Å². The summed E-state index contributed by atoms with van der Waals surface area (Å²) in [5.74, 6) is 1.76. The van der Waals surface area contributed by atoms with Crippen molar-refractivity contribution in [3.63, 3.8) is 0 Å². The molecule has 0 aromatic heterocycles. The first-order chi connectivity index (χ1) is 10.2. The van der Waals surface area contributed by atoms with Gasteiger partial charge >= 0.3 is 0 Å². The summed E-state index contributed by atoms with van der Waals surface area (Å²) in [6, 6.07) is 10.3. The van der Waals surface area contributed by atoms with Crippen molar-refractivity contribution < 1.29 is 4.74 Å². The van der Waals surface area contributed by atoms with Crippen molar-refractivity contribution in [2.24, 2.45) is 5.92 Å². The molecule has 2 aliphatic rings. The van der Waals surface area contributed by atoms with Crippen LogP contribution in [0.4, 0.5) is 0 Å². The summed E-state index contributed by atoms with van der Waals surface area (Å²) < 4.78 is 5.85. The first-order valence-corrected chi connectivity index (χ1v) is 8.41. The second kappa shape index (κ2) is 6.37. The molecule has 116 valence electrons. The zero-order chi connectivity index (χ0) is 14.8. The summed E-state index contributed by atoms with van der Waals surface area (Å²) in [5.41, 5.74) is 1.38. The fourth-order valence-corrected chi connectivity index (χ4v) is 3.78. The minimum atomic E-state index is 0.513. The van der Waals surface area contributed by atoms with Crippen LogP contribution >= 0.6 is 0 Å². The molecule has 3 heteroatoms. The summed E-state index contributed by atoms with van der Waals surface area (Å²) in [6.45, 7) is 10.1. The van der Waals surface area contributed by atoms with Gasteiger partial charge in [-0.05, 0) is 18.4 Å². The molecule has 1 N–H and O–H groups in total. The topological polar surface area (TPSA) is 24.5 Å². The zero-order valence-corrected chi connectivity index (χ0v) is 13.5. The molecule has 3 atom stereocenters. The molecular weight excluding hydrogens is 260 g/mol. The van der Waals surface area contributed by atoms with Gasteiger partial charge in [0.2, 0.25) is 0 Å². The number of rotatable bonds is 3. The number of nitrogens with one attached hydrogen (secondary N) is 1. The third-order valence-electron chi connectivity index (χ3n) is 5.06. The number of para-hydroxylation sites is 1. The zero-order valence-electron chi connectivity index (χ0n) is 13.5.